The number of hydrogen-bond acceptors (Lipinski definition) is 6. The highest BCUT2D eigenvalue weighted by Gasteiger charge is 2.30. The van der Waals surface area contributed by atoms with Crippen molar-refractivity contribution in [2.45, 2.75) is 45.2 Å². The Kier molecular flexibility index (Phi) is 5.91. The van der Waals surface area contributed by atoms with Crippen molar-refractivity contribution in [2.24, 2.45) is 0 Å². The SMILES string of the molecule is CC(=O)c1cccc(-c2nc3c(s2)CN(CC(=O)N2CCN(C4CCC4)CC2)CC3)c1. The number of amides is 1. The molecule has 5 rings (SSSR count). The lowest BCUT2D eigenvalue weighted by Gasteiger charge is -2.43. The summed E-state index contributed by atoms with van der Waals surface area (Å²) in [7, 11) is 0. The highest BCUT2D eigenvalue weighted by Crippen LogP contribution is 2.32. The molecular formula is C24H30N4O2S. The standard InChI is InChI=1S/C24H30N4O2S/c1-17(29)18-4-2-5-19(14-18)24-25-21-8-9-26(15-22(21)31-24)16-23(30)28-12-10-27(11-13-28)20-6-3-7-20/h2,4-5,14,20H,3,6-13,15-16H2,1H3. The van der Waals surface area contributed by atoms with Gasteiger partial charge in [-0.1, -0.05) is 24.6 Å². The summed E-state index contributed by atoms with van der Waals surface area (Å²) >= 11 is 1.69. The first-order valence-corrected chi connectivity index (χ1v) is 12.2. The lowest BCUT2D eigenvalue weighted by atomic mass is 9.91. The second-order valence-corrected chi connectivity index (χ2v) is 10.1. The lowest BCUT2D eigenvalue weighted by molar-refractivity contribution is -0.135. The Balaban J connectivity index is 1.19. The maximum Gasteiger partial charge on any atom is 0.236 e. The van der Waals surface area contributed by atoms with E-state index in [1.807, 2.05) is 24.3 Å². The summed E-state index contributed by atoms with van der Waals surface area (Å²) in [5.74, 6) is 0.331. The summed E-state index contributed by atoms with van der Waals surface area (Å²) in [5, 5.41) is 0.966. The fraction of sp³-hybridized carbons (Fsp3) is 0.542. The first kappa shape index (κ1) is 20.8. The molecule has 6 nitrogen and oxygen atoms in total. The average Bonchev–Trinajstić information content (AvgIpc) is 3.16. The fourth-order valence-corrected chi connectivity index (χ4v) is 5.90. The molecule has 2 fully saturated rings. The molecule has 1 aromatic carbocycles. The Hall–Kier alpha value is -2.09. The molecule has 1 aliphatic carbocycles. The van der Waals surface area contributed by atoms with Gasteiger partial charge in [0, 0.05) is 67.7 Å². The number of carbonyl (C=O) groups is 2. The minimum atomic E-state index is 0.0707. The van der Waals surface area contributed by atoms with Gasteiger partial charge < -0.3 is 4.90 Å². The van der Waals surface area contributed by atoms with Crippen LogP contribution < -0.4 is 0 Å². The molecule has 0 spiro atoms. The molecule has 1 aromatic heterocycles. The van der Waals surface area contributed by atoms with Crippen LogP contribution in [0.15, 0.2) is 24.3 Å². The van der Waals surface area contributed by atoms with Crippen LogP contribution in [0.5, 0.6) is 0 Å². The summed E-state index contributed by atoms with van der Waals surface area (Å²) in [4.78, 5) is 37.6. The van der Waals surface area contributed by atoms with Gasteiger partial charge in [-0.3, -0.25) is 19.4 Å². The zero-order valence-electron chi connectivity index (χ0n) is 18.2. The zero-order chi connectivity index (χ0) is 21.4. The first-order valence-electron chi connectivity index (χ1n) is 11.4. The van der Waals surface area contributed by atoms with Gasteiger partial charge in [0.05, 0.1) is 12.2 Å². The Morgan fingerprint density at radius 2 is 1.94 bits per heavy atom. The second kappa shape index (κ2) is 8.81. The number of thiazole rings is 1. The van der Waals surface area contributed by atoms with Crippen LogP contribution in [0.4, 0.5) is 0 Å². The third kappa shape index (κ3) is 4.45. The Morgan fingerprint density at radius 1 is 1.13 bits per heavy atom. The molecule has 0 bridgehead atoms. The number of aromatic nitrogens is 1. The highest BCUT2D eigenvalue weighted by molar-refractivity contribution is 7.15. The predicted molar refractivity (Wildman–Crippen MR) is 122 cm³/mol. The monoisotopic (exact) mass is 438 g/mol. The summed E-state index contributed by atoms with van der Waals surface area (Å²) in [6, 6.07) is 8.48. The maximum absolute atomic E-state index is 12.9. The van der Waals surface area contributed by atoms with Gasteiger partial charge >= 0.3 is 0 Å². The van der Waals surface area contributed by atoms with E-state index in [-0.39, 0.29) is 11.7 Å². The zero-order valence-corrected chi connectivity index (χ0v) is 19.0. The van der Waals surface area contributed by atoms with Gasteiger partial charge in [-0.15, -0.1) is 11.3 Å². The Bertz CT molecular complexity index is 976. The maximum atomic E-state index is 12.9. The normalized spacial score (nSPS) is 20.4. The van der Waals surface area contributed by atoms with Crippen LogP contribution in [-0.4, -0.2) is 76.7 Å². The first-order chi connectivity index (χ1) is 15.1. The summed E-state index contributed by atoms with van der Waals surface area (Å²) in [6.07, 6.45) is 4.91. The van der Waals surface area contributed by atoms with Crippen LogP contribution in [0.1, 0.15) is 47.1 Å². The van der Waals surface area contributed by atoms with Crippen molar-refractivity contribution in [3.05, 3.63) is 40.4 Å². The molecule has 2 aliphatic heterocycles. The number of hydrogen-bond donors (Lipinski definition) is 0. The minimum absolute atomic E-state index is 0.0707. The summed E-state index contributed by atoms with van der Waals surface area (Å²) in [5.41, 5.74) is 2.86. The van der Waals surface area contributed by atoms with Crippen LogP contribution in [0.2, 0.25) is 0 Å². The quantitative estimate of drug-likeness (QED) is 0.672. The number of rotatable bonds is 5. The molecule has 1 amide bonds. The van der Waals surface area contributed by atoms with E-state index in [1.165, 1.54) is 24.1 Å². The molecule has 3 heterocycles. The number of Topliss-reactive ketones (excluding diaryl/α,β-unsaturated/α-hetero) is 1. The van der Waals surface area contributed by atoms with Crippen molar-refractivity contribution in [1.82, 2.24) is 19.7 Å². The third-order valence-corrected chi connectivity index (χ3v) is 8.07. The van der Waals surface area contributed by atoms with Crippen LogP contribution in [0.3, 0.4) is 0 Å². The smallest absolute Gasteiger partial charge is 0.236 e. The van der Waals surface area contributed by atoms with Crippen LogP contribution in [0, 0.1) is 0 Å². The molecule has 0 atom stereocenters. The van der Waals surface area contributed by atoms with Crippen molar-refractivity contribution in [3.8, 4) is 10.6 Å². The average molecular weight is 439 g/mol. The third-order valence-electron chi connectivity index (χ3n) is 6.94. The number of piperazine rings is 1. The van der Waals surface area contributed by atoms with E-state index >= 15 is 0 Å². The van der Waals surface area contributed by atoms with Crippen molar-refractivity contribution >= 4 is 23.0 Å². The number of carbonyl (C=O) groups excluding carboxylic acids is 2. The number of benzene rings is 1. The predicted octanol–water partition coefficient (Wildman–Crippen LogP) is 3.07. The van der Waals surface area contributed by atoms with Gasteiger partial charge in [0.15, 0.2) is 5.78 Å². The molecular weight excluding hydrogens is 408 g/mol. The van der Waals surface area contributed by atoms with Crippen LogP contribution in [-0.2, 0) is 17.8 Å². The number of nitrogens with zero attached hydrogens (tertiary/aromatic N) is 4. The minimum Gasteiger partial charge on any atom is -0.339 e. The van der Waals surface area contributed by atoms with Gasteiger partial charge in [0.2, 0.25) is 5.91 Å². The van der Waals surface area contributed by atoms with E-state index in [0.717, 1.165) is 73.6 Å². The van der Waals surface area contributed by atoms with Gasteiger partial charge in [-0.25, -0.2) is 4.98 Å². The molecule has 3 aliphatic rings. The van der Waals surface area contributed by atoms with E-state index in [1.54, 1.807) is 18.3 Å². The molecule has 1 saturated heterocycles. The summed E-state index contributed by atoms with van der Waals surface area (Å²) < 4.78 is 0. The molecule has 0 N–H and O–H groups in total. The van der Waals surface area contributed by atoms with Gasteiger partial charge in [-0.05, 0) is 25.8 Å². The largest absolute Gasteiger partial charge is 0.339 e. The van der Waals surface area contributed by atoms with E-state index in [0.29, 0.717) is 6.54 Å². The lowest BCUT2D eigenvalue weighted by Crippen LogP contribution is -2.55. The molecule has 0 radical (unpaired) electrons. The van der Waals surface area contributed by atoms with Gasteiger partial charge in [-0.2, -0.15) is 0 Å². The Morgan fingerprint density at radius 3 is 2.65 bits per heavy atom. The van der Waals surface area contributed by atoms with Crippen LogP contribution in [0.25, 0.3) is 10.6 Å². The second-order valence-electron chi connectivity index (χ2n) is 8.99. The van der Waals surface area contributed by atoms with Crippen molar-refractivity contribution in [2.75, 3.05) is 39.3 Å². The molecule has 2 aromatic rings. The van der Waals surface area contributed by atoms with E-state index in [4.69, 9.17) is 4.98 Å². The molecule has 31 heavy (non-hydrogen) atoms. The topological polar surface area (TPSA) is 56.8 Å². The molecule has 0 unspecified atom stereocenters. The van der Waals surface area contributed by atoms with Gasteiger partial charge in [0.1, 0.15) is 5.01 Å². The van der Waals surface area contributed by atoms with E-state index < -0.39 is 0 Å². The van der Waals surface area contributed by atoms with Crippen molar-refractivity contribution in [3.63, 3.8) is 0 Å². The molecule has 1 saturated carbocycles. The fourth-order valence-electron chi connectivity index (χ4n) is 4.76. The number of ketones is 1. The highest BCUT2D eigenvalue weighted by atomic mass is 32.1. The van der Waals surface area contributed by atoms with Crippen molar-refractivity contribution < 1.29 is 9.59 Å². The Labute approximate surface area is 187 Å². The number of fused-ring (bicyclic) bond motifs is 1. The van der Waals surface area contributed by atoms with Gasteiger partial charge in [0.25, 0.3) is 0 Å². The van der Waals surface area contributed by atoms with Crippen LogP contribution >= 0.6 is 11.3 Å². The van der Waals surface area contributed by atoms with E-state index in [2.05, 4.69) is 14.7 Å². The molecule has 164 valence electrons. The van der Waals surface area contributed by atoms with Crippen molar-refractivity contribution in [1.29, 1.82) is 0 Å². The summed E-state index contributed by atoms with van der Waals surface area (Å²) in [6.45, 7) is 7.53. The molecule has 7 heteroatoms. The van der Waals surface area contributed by atoms with E-state index in [9.17, 15) is 9.59 Å².